The lowest BCUT2D eigenvalue weighted by Crippen LogP contribution is -1.79. The molecule has 8 heavy (non-hydrogen) atoms. The molecule has 1 atom stereocenters. The molecule has 1 aromatic rings. The first-order valence-corrected chi connectivity index (χ1v) is 2.20. The molecular formula is C6H10NP. The van der Waals surface area contributed by atoms with E-state index in [1.165, 1.54) is 0 Å². The minimum absolute atomic E-state index is 0. The van der Waals surface area contributed by atoms with E-state index in [1.54, 1.807) is 0 Å². The van der Waals surface area contributed by atoms with Crippen molar-refractivity contribution in [2.75, 3.05) is 5.73 Å². The van der Waals surface area contributed by atoms with Gasteiger partial charge < -0.3 is 5.73 Å². The van der Waals surface area contributed by atoms with Crippen LogP contribution >= 0.6 is 9.90 Å². The van der Waals surface area contributed by atoms with Crippen LogP contribution in [-0.4, -0.2) is 0 Å². The fourth-order valence-corrected chi connectivity index (χ4v) is 0.453. The van der Waals surface area contributed by atoms with E-state index in [0.717, 1.165) is 5.69 Å². The van der Waals surface area contributed by atoms with Crippen LogP contribution in [0.3, 0.4) is 0 Å². The first kappa shape index (κ1) is 7.45. The average molecular weight is 127 g/mol. The highest BCUT2D eigenvalue weighted by Gasteiger charge is 1.72. The van der Waals surface area contributed by atoms with Gasteiger partial charge in [-0.15, -0.1) is 0 Å². The van der Waals surface area contributed by atoms with Crippen molar-refractivity contribution >= 4 is 15.6 Å². The van der Waals surface area contributed by atoms with Crippen molar-refractivity contribution in [3.63, 3.8) is 0 Å². The van der Waals surface area contributed by atoms with Gasteiger partial charge in [-0.25, -0.2) is 0 Å². The highest BCUT2D eigenvalue weighted by molar-refractivity contribution is 6.92. The Morgan fingerprint density at radius 1 is 1.00 bits per heavy atom. The highest BCUT2D eigenvalue weighted by atomic mass is 31.0. The van der Waals surface area contributed by atoms with Crippen LogP contribution < -0.4 is 5.73 Å². The van der Waals surface area contributed by atoms with E-state index in [-0.39, 0.29) is 9.90 Å². The molecule has 1 rings (SSSR count). The molecule has 0 aliphatic carbocycles. The zero-order valence-electron chi connectivity index (χ0n) is 4.67. The van der Waals surface area contributed by atoms with Crippen LogP contribution in [0, 0.1) is 0 Å². The van der Waals surface area contributed by atoms with Crippen LogP contribution in [0.2, 0.25) is 0 Å². The van der Waals surface area contributed by atoms with Gasteiger partial charge in [-0.1, -0.05) is 18.2 Å². The molecule has 0 bridgehead atoms. The quantitative estimate of drug-likeness (QED) is 0.413. The molecule has 2 heteroatoms. The van der Waals surface area contributed by atoms with Crippen molar-refractivity contribution in [1.29, 1.82) is 0 Å². The molecule has 1 nitrogen and oxygen atoms in total. The summed E-state index contributed by atoms with van der Waals surface area (Å²) in [5.41, 5.74) is 6.18. The van der Waals surface area contributed by atoms with E-state index in [1.807, 2.05) is 30.3 Å². The van der Waals surface area contributed by atoms with Crippen molar-refractivity contribution in [3.8, 4) is 0 Å². The molecule has 0 aromatic heterocycles. The highest BCUT2D eigenvalue weighted by Crippen LogP contribution is 1.95. The Bertz CT molecular complexity index is 138. The molecule has 0 saturated carbocycles. The lowest BCUT2D eigenvalue weighted by Gasteiger charge is -1.83. The van der Waals surface area contributed by atoms with Gasteiger partial charge in [0.2, 0.25) is 0 Å². The minimum Gasteiger partial charge on any atom is -0.399 e. The second-order valence-corrected chi connectivity index (χ2v) is 1.41. The number of anilines is 1. The fraction of sp³-hybridized carbons (Fsp3) is 0. The van der Waals surface area contributed by atoms with E-state index in [4.69, 9.17) is 5.73 Å². The first-order chi connectivity index (χ1) is 3.39. The third-order valence-corrected chi connectivity index (χ3v) is 0.800. The molecular weight excluding hydrogens is 117 g/mol. The molecule has 1 unspecified atom stereocenters. The Labute approximate surface area is 52.5 Å². The lowest BCUT2D eigenvalue weighted by molar-refractivity contribution is 1.69. The maximum Gasteiger partial charge on any atom is 0.0313 e. The van der Waals surface area contributed by atoms with Crippen molar-refractivity contribution in [2.24, 2.45) is 0 Å². The Kier molecular flexibility index (Phi) is 3.21. The Morgan fingerprint density at radius 3 is 1.75 bits per heavy atom. The standard InChI is InChI=1S/C6H7N.H3P/c7-6-4-2-1-3-5-6;/h1-5H,7H2;1H3. The van der Waals surface area contributed by atoms with Gasteiger partial charge in [0.05, 0.1) is 0 Å². The van der Waals surface area contributed by atoms with E-state index >= 15 is 0 Å². The van der Waals surface area contributed by atoms with Crippen LogP contribution in [0.5, 0.6) is 0 Å². The van der Waals surface area contributed by atoms with E-state index in [2.05, 4.69) is 0 Å². The summed E-state index contributed by atoms with van der Waals surface area (Å²) in [7, 11) is 0. The third kappa shape index (κ3) is 1.94. The van der Waals surface area contributed by atoms with Crippen LogP contribution in [-0.2, 0) is 0 Å². The summed E-state index contributed by atoms with van der Waals surface area (Å²) in [6.07, 6.45) is 0. The normalized spacial score (nSPS) is 7.50. The van der Waals surface area contributed by atoms with Gasteiger partial charge in [0.15, 0.2) is 0 Å². The SMILES string of the molecule is Nc1ccccc1.P. The maximum atomic E-state index is 5.36. The largest absolute Gasteiger partial charge is 0.399 e. The lowest BCUT2D eigenvalue weighted by atomic mass is 10.3. The van der Waals surface area contributed by atoms with Crippen LogP contribution in [0.1, 0.15) is 0 Å². The summed E-state index contributed by atoms with van der Waals surface area (Å²) in [6.45, 7) is 0. The second-order valence-electron chi connectivity index (χ2n) is 1.41. The predicted octanol–water partition coefficient (Wildman–Crippen LogP) is 1.33. The van der Waals surface area contributed by atoms with Gasteiger partial charge in [-0.2, -0.15) is 9.90 Å². The van der Waals surface area contributed by atoms with Crippen LogP contribution in [0.25, 0.3) is 0 Å². The van der Waals surface area contributed by atoms with Gasteiger partial charge in [0.1, 0.15) is 0 Å². The second kappa shape index (κ2) is 3.45. The summed E-state index contributed by atoms with van der Waals surface area (Å²) in [5, 5.41) is 0. The molecule has 1 aromatic carbocycles. The van der Waals surface area contributed by atoms with Gasteiger partial charge in [-0.3, -0.25) is 0 Å². The number of hydrogen-bond acceptors (Lipinski definition) is 1. The first-order valence-electron chi connectivity index (χ1n) is 2.20. The van der Waals surface area contributed by atoms with Gasteiger partial charge in [0, 0.05) is 5.69 Å². The molecule has 0 heterocycles. The number of nitrogens with two attached hydrogens (primary N) is 1. The average Bonchev–Trinajstić information content (AvgIpc) is 1.69. The minimum atomic E-state index is 0. The number of hydrogen-bond donors (Lipinski definition) is 1. The van der Waals surface area contributed by atoms with E-state index < -0.39 is 0 Å². The summed E-state index contributed by atoms with van der Waals surface area (Å²) in [6, 6.07) is 9.49. The van der Waals surface area contributed by atoms with Crippen LogP contribution in [0.4, 0.5) is 5.69 Å². The maximum absolute atomic E-state index is 5.36. The van der Waals surface area contributed by atoms with Crippen molar-refractivity contribution in [3.05, 3.63) is 30.3 Å². The van der Waals surface area contributed by atoms with Gasteiger partial charge in [-0.05, 0) is 12.1 Å². The molecule has 0 aliphatic heterocycles. The van der Waals surface area contributed by atoms with Gasteiger partial charge >= 0.3 is 0 Å². The zero-order valence-corrected chi connectivity index (χ0v) is 6.09. The number of benzene rings is 1. The van der Waals surface area contributed by atoms with Crippen molar-refractivity contribution in [1.82, 2.24) is 0 Å². The molecule has 0 saturated heterocycles. The number of nitrogen functional groups attached to an aromatic ring is 1. The predicted molar refractivity (Wildman–Crippen MR) is 42.0 cm³/mol. The molecule has 0 radical (unpaired) electrons. The van der Waals surface area contributed by atoms with Crippen LogP contribution in [0.15, 0.2) is 30.3 Å². The molecule has 0 amide bonds. The van der Waals surface area contributed by atoms with E-state index in [0.29, 0.717) is 0 Å². The molecule has 0 aliphatic rings. The van der Waals surface area contributed by atoms with Gasteiger partial charge in [0.25, 0.3) is 0 Å². The molecule has 2 N–H and O–H groups in total. The summed E-state index contributed by atoms with van der Waals surface area (Å²) >= 11 is 0. The summed E-state index contributed by atoms with van der Waals surface area (Å²) < 4.78 is 0. The number of para-hydroxylation sites is 1. The Morgan fingerprint density at radius 2 is 1.50 bits per heavy atom. The monoisotopic (exact) mass is 127 g/mol. The summed E-state index contributed by atoms with van der Waals surface area (Å²) in [4.78, 5) is 0. The van der Waals surface area contributed by atoms with Crippen molar-refractivity contribution in [2.45, 2.75) is 0 Å². The Balaban J connectivity index is 0.000000490. The Hall–Kier alpha value is -0.550. The number of rotatable bonds is 0. The molecule has 0 spiro atoms. The topological polar surface area (TPSA) is 26.0 Å². The third-order valence-electron chi connectivity index (χ3n) is 0.800. The molecule has 44 valence electrons. The zero-order chi connectivity index (χ0) is 5.11. The van der Waals surface area contributed by atoms with Crippen molar-refractivity contribution < 1.29 is 0 Å². The molecule has 0 fully saturated rings. The summed E-state index contributed by atoms with van der Waals surface area (Å²) in [5.74, 6) is 0. The smallest absolute Gasteiger partial charge is 0.0313 e. The fourth-order valence-electron chi connectivity index (χ4n) is 0.453. The van der Waals surface area contributed by atoms with E-state index in [9.17, 15) is 0 Å².